The molecule has 1 aliphatic rings. The molecule has 17 heavy (non-hydrogen) atoms. The molecule has 0 spiro atoms. The van der Waals surface area contributed by atoms with Crippen molar-refractivity contribution < 1.29 is 10.2 Å². The van der Waals surface area contributed by atoms with Crippen LogP contribution in [0, 0.1) is 5.92 Å². The molecular weight excluding hydrogens is 214 g/mol. The molecule has 1 saturated carbocycles. The molecule has 0 aliphatic heterocycles. The van der Waals surface area contributed by atoms with Gasteiger partial charge in [-0.15, -0.1) is 0 Å². The zero-order chi connectivity index (χ0) is 12.3. The first-order valence-electron chi connectivity index (χ1n) is 6.41. The van der Waals surface area contributed by atoms with Gasteiger partial charge in [-0.25, -0.2) is 0 Å². The summed E-state index contributed by atoms with van der Waals surface area (Å²) in [5.41, 5.74) is 6.89. The van der Waals surface area contributed by atoms with Crippen LogP contribution >= 0.6 is 0 Å². The number of phenols is 1. The van der Waals surface area contributed by atoms with Crippen molar-refractivity contribution in [1.82, 2.24) is 0 Å². The van der Waals surface area contributed by atoms with Gasteiger partial charge in [0.25, 0.3) is 0 Å². The Morgan fingerprint density at radius 2 is 1.88 bits per heavy atom. The number of benzene rings is 1. The standard InChI is InChI=1S/C14H21NO2/c15-13(11-7-4-8-12(16)9-11)14(17)10-5-2-1-3-6-10/h4,7-10,13-14,16-17H,1-3,5-6,15H2/t13-,14+/m0/s1. The van der Waals surface area contributed by atoms with Crippen LogP contribution in [-0.2, 0) is 0 Å². The van der Waals surface area contributed by atoms with Gasteiger partial charge in [-0.1, -0.05) is 31.4 Å². The summed E-state index contributed by atoms with van der Waals surface area (Å²) in [7, 11) is 0. The first-order valence-corrected chi connectivity index (χ1v) is 6.41. The van der Waals surface area contributed by atoms with Crippen LogP contribution < -0.4 is 5.73 Å². The number of aliphatic hydroxyl groups is 1. The van der Waals surface area contributed by atoms with Crippen LogP contribution in [0.1, 0.15) is 43.7 Å². The normalized spacial score (nSPS) is 21.1. The molecule has 1 aliphatic carbocycles. The van der Waals surface area contributed by atoms with Crippen LogP contribution in [0.25, 0.3) is 0 Å². The van der Waals surface area contributed by atoms with Crippen LogP contribution in [0.15, 0.2) is 24.3 Å². The number of aliphatic hydroxyl groups excluding tert-OH is 1. The summed E-state index contributed by atoms with van der Waals surface area (Å²) < 4.78 is 0. The van der Waals surface area contributed by atoms with Gasteiger partial charge >= 0.3 is 0 Å². The highest BCUT2D eigenvalue weighted by molar-refractivity contribution is 5.29. The number of phenolic OH excluding ortho intramolecular Hbond substituents is 1. The highest BCUT2D eigenvalue weighted by atomic mass is 16.3. The van der Waals surface area contributed by atoms with E-state index in [-0.39, 0.29) is 5.75 Å². The van der Waals surface area contributed by atoms with Crippen LogP contribution in [0.5, 0.6) is 5.75 Å². The SMILES string of the molecule is N[C@@H](c1cccc(O)c1)[C@H](O)C1CCCCC1. The predicted molar refractivity (Wildman–Crippen MR) is 67.6 cm³/mol. The minimum atomic E-state index is -0.503. The summed E-state index contributed by atoms with van der Waals surface area (Å²) in [5, 5.41) is 19.7. The number of hydrogen-bond donors (Lipinski definition) is 3. The Morgan fingerprint density at radius 3 is 2.53 bits per heavy atom. The van der Waals surface area contributed by atoms with Gasteiger partial charge in [0.2, 0.25) is 0 Å². The Balaban J connectivity index is 2.05. The summed E-state index contributed by atoms with van der Waals surface area (Å²) in [6.07, 6.45) is 5.27. The Kier molecular flexibility index (Phi) is 4.02. The summed E-state index contributed by atoms with van der Waals surface area (Å²) in [6, 6.07) is 6.47. The molecule has 3 heteroatoms. The lowest BCUT2D eigenvalue weighted by Gasteiger charge is -2.30. The van der Waals surface area contributed by atoms with Gasteiger partial charge in [-0.2, -0.15) is 0 Å². The molecule has 0 unspecified atom stereocenters. The van der Waals surface area contributed by atoms with Crippen molar-refractivity contribution in [2.24, 2.45) is 11.7 Å². The fraction of sp³-hybridized carbons (Fsp3) is 0.571. The second-order valence-corrected chi connectivity index (χ2v) is 5.01. The van der Waals surface area contributed by atoms with E-state index < -0.39 is 12.1 Å². The molecule has 0 amide bonds. The predicted octanol–water partition coefficient (Wildman–Crippen LogP) is 2.33. The molecule has 1 aromatic carbocycles. The fourth-order valence-corrected chi connectivity index (χ4v) is 2.70. The Morgan fingerprint density at radius 1 is 1.18 bits per heavy atom. The van der Waals surface area contributed by atoms with Crippen LogP contribution in [0.2, 0.25) is 0 Å². The molecule has 94 valence electrons. The van der Waals surface area contributed by atoms with Crippen molar-refractivity contribution in [2.45, 2.75) is 44.2 Å². The zero-order valence-corrected chi connectivity index (χ0v) is 10.0. The van der Waals surface area contributed by atoms with Crippen molar-refractivity contribution in [3.8, 4) is 5.75 Å². The summed E-state index contributed by atoms with van der Waals surface area (Å²) in [6.45, 7) is 0. The third kappa shape index (κ3) is 2.99. The maximum atomic E-state index is 10.3. The molecule has 3 nitrogen and oxygen atoms in total. The van der Waals surface area contributed by atoms with E-state index >= 15 is 0 Å². The van der Waals surface area contributed by atoms with E-state index in [1.807, 2.05) is 6.07 Å². The fourth-order valence-electron chi connectivity index (χ4n) is 2.70. The number of aromatic hydroxyl groups is 1. The smallest absolute Gasteiger partial charge is 0.115 e. The topological polar surface area (TPSA) is 66.5 Å². The number of hydrogen-bond acceptors (Lipinski definition) is 3. The molecule has 0 bridgehead atoms. The molecule has 2 rings (SSSR count). The Labute approximate surface area is 102 Å². The van der Waals surface area contributed by atoms with E-state index in [2.05, 4.69) is 0 Å². The van der Waals surface area contributed by atoms with Crippen molar-refractivity contribution >= 4 is 0 Å². The average Bonchev–Trinajstić information content (AvgIpc) is 2.38. The van der Waals surface area contributed by atoms with Crippen LogP contribution in [0.4, 0.5) is 0 Å². The first kappa shape index (κ1) is 12.4. The lowest BCUT2D eigenvalue weighted by molar-refractivity contribution is 0.0617. The largest absolute Gasteiger partial charge is 0.508 e. The molecule has 0 saturated heterocycles. The van der Waals surface area contributed by atoms with E-state index in [1.165, 1.54) is 19.3 Å². The lowest BCUT2D eigenvalue weighted by Crippen LogP contribution is -2.34. The molecule has 1 aromatic rings. The van der Waals surface area contributed by atoms with Gasteiger partial charge in [0.05, 0.1) is 12.1 Å². The number of rotatable bonds is 3. The third-order valence-corrected chi connectivity index (χ3v) is 3.76. The molecule has 0 heterocycles. The average molecular weight is 235 g/mol. The van der Waals surface area contributed by atoms with E-state index in [0.29, 0.717) is 5.92 Å². The van der Waals surface area contributed by atoms with E-state index in [0.717, 1.165) is 18.4 Å². The highest BCUT2D eigenvalue weighted by Gasteiger charge is 2.27. The molecule has 4 N–H and O–H groups in total. The molecule has 0 radical (unpaired) electrons. The van der Waals surface area contributed by atoms with Crippen molar-refractivity contribution in [3.05, 3.63) is 29.8 Å². The van der Waals surface area contributed by atoms with Crippen molar-refractivity contribution in [2.75, 3.05) is 0 Å². The van der Waals surface area contributed by atoms with Gasteiger partial charge in [0, 0.05) is 0 Å². The first-order chi connectivity index (χ1) is 8.18. The Bertz CT molecular complexity index is 361. The maximum Gasteiger partial charge on any atom is 0.115 e. The van der Waals surface area contributed by atoms with Crippen molar-refractivity contribution in [3.63, 3.8) is 0 Å². The zero-order valence-electron chi connectivity index (χ0n) is 10.0. The van der Waals surface area contributed by atoms with Gasteiger partial charge in [0.1, 0.15) is 5.75 Å². The minimum Gasteiger partial charge on any atom is -0.508 e. The van der Waals surface area contributed by atoms with Gasteiger partial charge in [-0.3, -0.25) is 0 Å². The van der Waals surface area contributed by atoms with E-state index in [9.17, 15) is 10.2 Å². The van der Waals surface area contributed by atoms with Crippen LogP contribution in [0.3, 0.4) is 0 Å². The molecular formula is C14H21NO2. The second kappa shape index (κ2) is 5.52. The summed E-state index contributed by atoms with van der Waals surface area (Å²) >= 11 is 0. The highest BCUT2D eigenvalue weighted by Crippen LogP contribution is 2.31. The van der Waals surface area contributed by atoms with Gasteiger partial charge in [0.15, 0.2) is 0 Å². The molecule has 2 atom stereocenters. The minimum absolute atomic E-state index is 0.203. The van der Waals surface area contributed by atoms with Crippen molar-refractivity contribution in [1.29, 1.82) is 0 Å². The molecule has 0 aromatic heterocycles. The van der Waals surface area contributed by atoms with Crippen LogP contribution in [-0.4, -0.2) is 16.3 Å². The van der Waals surface area contributed by atoms with E-state index in [4.69, 9.17) is 5.73 Å². The maximum absolute atomic E-state index is 10.3. The van der Waals surface area contributed by atoms with Gasteiger partial charge < -0.3 is 15.9 Å². The Hall–Kier alpha value is -1.06. The lowest BCUT2D eigenvalue weighted by atomic mass is 9.81. The molecule has 1 fully saturated rings. The second-order valence-electron chi connectivity index (χ2n) is 5.01. The summed E-state index contributed by atoms with van der Waals surface area (Å²) in [4.78, 5) is 0. The third-order valence-electron chi connectivity index (χ3n) is 3.76. The monoisotopic (exact) mass is 235 g/mol. The van der Waals surface area contributed by atoms with E-state index in [1.54, 1.807) is 18.2 Å². The number of nitrogens with two attached hydrogens (primary N) is 1. The van der Waals surface area contributed by atoms with Gasteiger partial charge in [-0.05, 0) is 36.5 Å². The quantitative estimate of drug-likeness (QED) is 0.753. The summed E-state index contributed by atoms with van der Waals surface area (Å²) in [5.74, 6) is 0.509.